The zero-order valence-corrected chi connectivity index (χ0v) is 8.32. The van der Waals surface area contributed by atoms with Crippen LogP contribution < -0.4 is 10.0 Å². The van der Waals surface area contributed by atoms with E-state index < -0.39 is 0 Å². The zero-order valence-electron chi connectivity index (χ0n) is 7.50. The van der Waals surface area contributed by atoms with Crippen LogP contribution in [0.25, 0.3) is 0 Å². The van der Waals surface area contributed by atoms with Crippen LogP contribution >= 0.6 is 11.9 Å². The van der Waals surface area contributed by atoms with Crippen LogP contribution in [0.4, 0.5) is 0 Å². The summed E-state index contributed by atoms with van der Waals surface area (Å²) in [5.41, 5.74) is 0. The van der Waals surface area contributed by atoms with Gasteiger partial charge < -0.3 is 5.32 Å². The molecule has 0 bridgehead atoms. The average Bonchev–Trinajstić information content (AvgIpc) is 2.19. The largest absolute Gasteiger partial charge is 0.349 e. The van der Waals surface area contributed by atoms with Gasteiger partial charge in [-0.3, -0.25) is 0 Å². The molecule has 1 aromatic carbocycles. The number of hydrogen-bond acceptors (Lipinski definition) is 3. The molecule has 0 spiro atoms. The molecule has 0 aliphatic rings. The predicted octanol–water partition coefficient (Wildman–Crippen LogP) is 1.46. The SMILES string of the molecule is CNC#CCNSc1ccccc1. The van der Waals surface area contributed by atoms with Crippen molar-refractivity contribution in [2.75, 3.05) is 13.6 Å². The molecule has 0 heterocycles. The summed E-state index contributed by atoms with van der Waals surface area (Å²) in [5, 5.41) is 2.76. The molecule has 2 N–H and O–H groups in total. The normalized spacial score (nSPS) is 8.69. The van der Waals surface area contributed by atoms with Crippen molar-refractivity contribution in [2.45, 2.75) is 4.90 Å². The Morgan fingerprint density at radius 1 is 1.31 bits per heavy atom. The maximum atomic E-state index is 3.14. The monoisotopic (exact) mass is 192 g/mol. The highest BCUT2D eigenvalue weighted by molar-refractivity contribution is 7.97. The second-order valence-corrected chi connectivity index (χ2v) is 3.25. The van der Waals surface area contributed by atoms with Crippen LogP contribution in [-0.2, 0) is 0 Å². The smallest absolute Gasteiger partial charge is 0.0692 e. The molecule has 1 rings (SSSR count). The highest BCUT2D eigenvalue weighted by Gasteiger charge is 1.88. The lowest BCUT2D eigenvalue weighted by Gasteiger charge is -1.98. The van der Waals surface area contributed by atoms with Gasteiger partial charge in [-0.05, 0) is 24.1 Å². The van der Waals surface area contributed by atoms with Crippen molar-refractivity contribution in [3.05, 3.63) is 30.3 Å². The predicted molar refractivity (Wildman–Crippen MR) is 57.1 cm³/mol. The standard InChI is InChI=1S/C10H12N2S/c1-11-8-5-9-12-13-10-6-3-2-4-7-10/h2-4,6-7,11-12H,9H2,1H3. The van der Waals surface area contributed by atoms with Crippen LogP contribution in [0.15, 0.2) is 35.2 Å². The first-order valence-electron chi connectivity index (χ1n) is 4.03. The number of benzene rings is 1. The fraction of sp³-hybridized carbons (Fsp3) is 0.200. The minimum Gasteiger partial charge on any atom is -0.349 e. The van der Waals surface area contributed by atoms with Gasteiger partial charge in [0.2, 0.25) is 0 Å². The third-order valence-electron chi connectivity index (χ3n) is 1.31. The van der Waals surface area contributed by atoms with Crippen molar-refractivity contribution in [1.29, 1.82) is 0 Å². The molecular weight excluding hydrogens is 180 g/mol. The summed E-state index contributed by atoms with van der Waals surface area (Å²) in [7, 11) is 1.80. The van der Waals surface area contributed by atoms with E-state index in [0.717, 1.165) is 0 Å². The first kappa shape index (κ1) is 9.97. The van der Waals surface area contributed by atoms with E-state index in [2.05, 4.69) is 34.1 Å². The summed E-state index contributed by atoms with van der Waals surface area (Å²) in [5.74, 6) is 2.91. The molecule has 0 radical (unpaired) electrons. The van der Waals surface area contributed by atoms with E-state index in [-0.39, 0.29) is 0 Å². The van der Waals surface area contributed by atoms with Crippen LogP contribution in [0.1, 0.15) is 0 Å². The second-order valence-electron chi connectivity index (χ2n) is 2.29. The minimum atomic E-state index is 0.681. The Balaban J connectivity index is 2.20. The Labute approximate surface area is 83.2 Å². The van der Waals surface area contributed by atoms with E-state index in [1.165, 1.54) is 4.90 Å². The van der Waals surface area contributed by atoms with Crippen LogP contribution in [0.3, 0.4) is 0 Å². The highest BCUT2D eigenvalue weighted by atomic mass is 32.2. The summed E-state index contributed by atoms with van der Waals surface area (Å²) < 4.78 is 3.14. The van der Waals surface area contributed by atoms with Crippen molar-refractivity contribution < 1.29 is 0 Å². The molecule has 0 amide bonds. The summed E-state index contributed by atoms with van der Waals surface area (Å²) >= 11 is 1.59. The van der Waals surface area contributed by atoms with E-state index in [0.29, 0.717) is 6.54 Å². The summed E-state index contributed by atoms with van der Waals surface area (Å²) in [4.78, 5) is 1.20. The first-order chi connectivity index (χ1) is 6.43. The molecular formula is C10H12N2S. The molecule has 0 aromatic heterocycles. The van der Waals surface area contributed by atoms with Crippen molar-refractivity contribution in [3.8, 4) is 12.0 Å². The van der Waals surface area contributed by atoms with Gasteiger partial charge in [-0.2, -0.15) is 0 Å². The van der Waals surface area contributed by atoms with Gasteiger partial charge in [0, 0.05) is 18.0 Å². The lowest BCUT2D eigenvalue weighted by atomic mass is 10.4. The van der Waals surface area contributed by atoms with Gasteiger partial charge in [0.15, 0.2) is 0 Å². The molecule has 0 aliphatic carbocycles. The molecule has 0 saturated carbocycles. The molecule has 3 heteroatoms. The van der Waals surface area contributed by atoms with E-state index in [1.54, 1.807) is 19.0 Å². The van der Waals surface area contributed by atoms with Crippen LogP contribution in [0.5, 0.6) is 0 Å². The molecule has 0 saturated heterocycles. The fourth-order valence-corrected chi connectivity index (χ4v) is 1.38. The summed E-state index contributed by atoms with van der Waals surface area (Å²) in [6.45, 7) is 0.681. The minimum absolute atomic E-state index is 0.681. The average molecular weight is 192 g/mol. The lowest BCUT2D eigenvalue weighted by molar-refractivity contribution is 1.12. The van der Waals surface area contributed by atoms with Crippen LogP contribution in [-0.4, -0.2) is 13.6 Å². The van der Waals surface area contributed by atoms with E-state index in [4.69, 9.17) is 0 Å². The highest BCUT2D eigenvalue weighted by Crippen LogP contribution is 2.11. The topological polar surface area (TPSA) is 24.1 Å². The molecule has 0 atom stereocenters. The Morgan fingerprint density at radius 3 is 2.77 bits per heavy atom. The molecule has 2 nitrogen and oxygen atoms in total. The molecule has 1 aromatic rings. The van der Waals surface area contributed by atoms with E-state index in [9.17, 15) is 0 Å². The second kappa shape index (κ2) is 6.41. The summed E-state index contributed by atoms with van der Waals surface area (Å²) in [6.07, 6.45) is 0. The Bertz CT molecular complexity index is 287. The van der Waals surface area contributed by atoms with Gasteiger partial charge in [-0.25, -0.2) is 4.72 Å². The fourth-order valence-electron chi connectivity index (χ4n) is 0.777. The lowest BCUT2D eigenvalue weighted by Crippen LogP contribution is -2.04. The number of hydrogen-bond donors (Lipinski definition) is 2. The number of rotatable bonds is 3. The van der Waals surface area contributed by atoms with Gasteiger partial charge in [-0.1, -0.05) is 24.1 Å². The molecule has 0 unspecified atom stereocenters. The van der Waals surface area contributed by atoms with Gasteiger partial charge in [0.25, 0.3) is 0 Å². The molecule has 68 valence electrons. The maximum absolute atomic E-state index is 3.14. The maximum Gasteiger partial charge on any atom is 0.0692 e. The quantitative estimate of drug-likeness (QED) is 0.328. The Hall–Kier alpha value is -1.11. The van der Waals surface area contributed by atoms with E-state index >= 15 is 0 Å². The van der Waals surface area contributed by atoms with Gasteiger partial charge in [0.1, 0.15) is 0 Å². The number of nitrogens with one attached hydrogen (secondary N) is 2. The van der Waals surface area contributed by atoms with E-state index in [1.807, 2.05) is 18.2 Å². The third kappa shape index (κ3) is 4.46. The Kier molecular flexibility index (Phi) is 4.92. The van der Waals surface area contributed by atoms with Crippen molar-refractivity contribution in [2.24, 2.45) is 0 Å². The van der Waals surface area contributed by atoms with Gasteiger partial charge >= 0.3 is 0 Å². The third-order valence-corrected chi connectivity index (χ3v) is 2.10. The van der Waals surface area contributed by atoms with Gasteiger partial charge in [-0.15, -0.1) is 0 Å². The first-order valence-corrected chi connectivity index (χ1v) is 4.84. The zero-order chi connectivity index (χ0) is 9.36. The van der Waals surface area contributed by atoms with Crippen molar-refractivity contribution in [3.63, 3.8) is 0 Å². The van der Waals surface area contributed by atoms with Crippen molar-refractivity contribution >= 4 is 11.9 Å². The Morgan fingerprint density at radius 2 is 2.08 bits per heavy atom. The van der Waals surface area contributed by atoms with Crippen molar-refractivity contribution in [1.82, 2.24) is 10.0 Å². The molecule has 0 aliphatic heterocycles. The molecule has 13 heavy (non-hydrogen) atoms. The molecule has 0 fully saturated rings. The van der Waals surface area contributed by atoms with Gasteiger partial charge in [0.05, 0.1) is 6.54 Å². The van der Waals surface area contributed by atoms with Crippen LogP contribution in [0.2, 0.25) is 0 Å². The van der Waals surface area contributed by atoms with Crippen LogP contribution in [0, 0.1) is 12.0 Å². The summed E-state index contributed by atoms with van der Waals surface area (Å²) in [6, 6.07) is 12.9.